The SMILES string of the molecule is CCCc1nnsc1C(=O)NCc1cc(-c2cnccn2)nn1C. The molecule has 0 aliphatic rings. The van der Waals surface area contributed by atoms with Crippen molar-refractivity contribution in [3.8, 4) is 11.4 Å². The van der Waals surface area contributed by atoms with Crippen molar-refractivity contribution in [2.45, 2.75) is 26.3 Å². The predicted octanol–water partition coefficient (Wildman–Crippen LogP) is 1.61. The first-order valence-corrected chi connectivity index (χ1v) is 8.35. The van der Waals surface area contributed by atoms with E-state index in [-0.39, 0.29) is 5.91 Å². The van der Waals surface area contributed by atoms with Crippen molar-refractivity contribution < 1.29 is 4.79 Å². The second-order valence-corrected chi connectivity index (χ2v) is 5.97. The van der Waals surface area contributed by atoms with Gasteiger partial charge in [-0.1, -0.05) is 17.8 Å². The average Bonchev–Trinajstić information content (AvgIpc) is 3.21. The molecule has 0 atom stereocenters. The van der Waals surface area contributed by atoms with Crippen LogP contribution in [0, 0.1) is 0 Å². The average molecular weight is 343 g/mol. The molecule has 0 saturated heterocycles. The fraction of sp³-hybridized carbons (Fsp3) is 0.333. The molecular weight excluding hydrogens is 326 g/mol. The largest absolute Gasteiger partial charge is 0.346 e. The Labute approximate surface area is 143 Å². The van der Waals surface area contributed by atoms with Crippen LogP contribution in [0.5, 0.6) is 0 Å². The van der Waals surface area contributed by atoms with Gasteiger partial charge in [0.15, 0.2) is 0 Å². The first-order chi connectivity index (χ1) is 11.7. The normalized spacial score (nSPS) is 10.8. The number of hydrogen-bond acceptors (Lipinski definition) is 7. The Hall–Kier alpha value is -2.68. The lowest BCUT2D eigenvalue weighted by Gasteiger charge is -2.04. The van der Waals surface area contributed by atoms with Crippen molar-refractivity contribution in [3.63, 3.8) is 0 Å². The number of nitrogens with one attached hydrogen (secondary N) is 1. The van der Waals surface area contributed by atoms with Gasteiger partial charge in [-0.2, -0.15) is 5.10 Å². The minimum atomic E-state index is -0.157. The molecule has 0 bridgehead atoms. The summed E-state index contributed by atoms with van der Waals surface area (Å²) < 4.78 is 5.60. The number of aryl methyl sites for hydroxylation is 2. The molecule has 0 aliphatic carbocycles. The fourth-order valence-electron chi connectivity index (χ4n) is 2.26. The van der Waals surface area contributed by atoms with Gasteiger partial charge in [-0.25, -0.2) is 0 Å². The molecule has 3 heterocycles. The van der Waals surface area contributed by atoms with Crippen molar-refractivity contribution >= 4 is 17.4 Å². The van der Waals surface area contributed by atoms with E-state index in [2.05, 4.69) is 30.0 Å². The number of rotatable bonds is 6. The van der Waals surface area contributed by atoms with Gasteiger partial charge >= 0.3 is 0 Å². The molecule has 0 unspecified atom stereocenters. The second kappa shape index (κ2) is 7.26. The summed E-state index contributed by atoms with van der Waals surface area (Å²) in [6.07, 6.45) is 6.57. The van der Waals surface area contributed by atoms with Crippen LogP contribution < -0.4 is 5.32 Å². The van der Waals surface area contributed by atoms with Crippen LogP contribution >= 0.6 is 11.5 Å². The van der Waals surface area contributed by atoms with Crippen LogP contribution in [0.2, 0.25) is 0 Å². The number of carbonyl (C=O) groups excluding carboxylic acids is 1. The highest BCUT2D eigenvalue weighted by atomic mass is 32.1. The van der Waals surface area contributed by atoms with E-state index in [1.807, 2.05) is 20.0 Å². The molecule has 3 rings (SSSR count). The summed E-state index contributed by atoms with van der Waals surface area (Å²) in [6.45, 7) is 2.41. The van der Waals surface area contributed by atoms with Crippen molar-refractivity contribution in [1.82, 2.24) is 34.7 Å². The molecule has 0 saturated carbocycles. The van der Waals surface area contributed by atoms with Crippen LogP contribution in [0.15, 0.2) is 24.7 Å². The highest BCUT2D eigenvalue weighted by Crippen LogP contribution is 2.16. The lowest BCUT2D eigenvalue weighted by Crippen LogP contribution is -2.24. The molecule has 1 N–H and O–H groups in total. The van der Waals surface area contributed by atoms with Gasteiger partial charge in [-0.05, 0) is 24.0 Å². The van der Waals surface area contributed by atoms with Crippen LogP contribution in [-0.2, 0) is 20.0 Å². The van der Waals surface area contributed by atoms with E-state index in [4.69, 9.17) is 0 Å². The minimum absolute atomic E-state index is 0.157. The van der Waals surface area contributed by atoms with E-state index in [1.54, 1.807) is 23.3 Å². The molecule has 124 valence electrons. The predicted molar refractivity (Wildman–Crippen MR) is 89.3 cm³/mol. The summed E-state index contributed by atoms with van der Waals surface area (Å²) in [5.74, 6) is -0.157. The Morgan fingerprint density at radius 2 is 2.21 bits per heavy atom. The maximum atomic E-state index is 12.3. The molecule has 3 aromatic rings. The molecule has 24 heavy (non-hydrogen) atoms. The summed E-state index contributed by atoms with van der Waals surface area (Å²) in [5, 5.41) is 11.3. The van der Waals surface area contributed by atoms with Crippen molar-refractivity contribution in [2.75, 3.05) is 0 Å². The molecule has 9 heteroatoms. The molecule has 0 aliphatic heterocycles. The van der Waals surface area contributed by atoms with Crippen LogP contribution in [-0.4, -0.2) is 35.2 Å². The smallest absolute Gasteiger partial charge is 0.265 e. The Kier molecular flexibility index (Phi) is 4.90. The summed E-state index contributed by atoms with van der Waals surface area (Å²) in [4.78, 5) is 21.2. The maximum absolute atomic E-state index is 12.3. The highest BCUT2D eigenvalue weighted by molar-refractivity contribution is 7.08. The molecule has 0 radical (unpaired) electrons. The molecule has 1 amide bonds. The summed E-state index contributed by atoms with van der Waals surface area (Å²) >= 11 is 1.13. The number of carbonyl (C=O) groups is 1. The van der Waals surface area contributed by atoms with E-state index in [9.17, 15) is 4.79 Å². The third-order valence-electron chi connectivity index (χ3n) is 3.48. The van der Waals surface area contributed by atoms with Crippen LogP contribution in [0.1, 0.15) is 34.4 Å². The lowest BCUT2D eigenvalue weighted by molar-refractivity contribution is 0.0953. The summed E-state index contributed by atoms with van der Waals surface area (Å²) in [7, 11) is 1.83. The standard InChI is InChI=1S/C15H17N7OS/c1-3-4-11-14(24-21-19-11)15(23)18-8-10-7-12(20-22(10)2)13-9-16-5-6-17-13/h5-7,9H,3-4,8H2,1-2H3,(H,18,23). The van der Waals surface area contributed by atoms with Gasteiger partial charge in [0, 0.05) is 19.4 Å². The van der Waals surface area contributed by atoms with E-state index in [0.717, 1.165) is 41.5 Å². The van der Waals surface area contributed by atoms with Crippen molar-refractivity contribution in [1.29, 1.82) is 0 Å². The minimum Gasteiger partial charge on any atom is -0.346 e. The zero-order chi connectivity index (χ0) is 16.9. The van der Waals surface area contributed by atoms with Gasteiger partial charge in [0.05, 0.1) is 24.1 Å². The van der Waals surface area contributed by atoms with Gasteiger partial charge in [-0.15, -0.1) is 5.10 Å². The molecule has 0 aromatic carbocycles. The van der Waals surface area contributed by atoms with Gasteiger partial charge in [0.1, 0.15) is 16.3 Å². The van der Waals surface area contributed by atoms with E-state index < -0.39 is 0 Å². The lowest BCUT2D eigenvalue weighted by atomic mass is 10.2. The Morgan fingerprint density at radius 1 is 1.33 bits per heavy atom. The number of nitrogens with zero attached hydrogens (tertiary/aromatic N) is 6. The van der Waals surface area contributed by atoms with E-state index in [0.29, 0.717) is 17.1 Å². The third kappa shape index (κ3) is 3.46. The van der Waals surface area contributed by atoms with Crippen molar-refractivity contribution in [3.05, 3.63) is 40.9 Å². The van der Waals surface area contributed by atoms with E-state index >= 15 is 0 Å². The first-order valence-electron chi connectivity index (χ1n) is 7.57. The molecule has 0 fully saturated rings. The first kappa shape index (κ1) is 16.2. The second-order valence-electron chi connectivity index (χ2n) is 5.22. The summed E-state index contributed by atoms with van der Waals surface area (Å²) in [5.41, 5.74) is 3.05. The Bertz CT molecular complexity index is 827. The van der Waals surface area contributed by atoms with Crippen LogP contribution in [0.25, 0.3) is 11.4 Å². The van der Waals surface area contributed by atoms with E-state index in [1.165, 1.54) is 0 Å². The number of amides is 1. The van der Waals surface area contributed by atoms with Gasteiger partial charge in [-0.3, -0.25) is 19.4 Å². The van der Waals surface area contributed by atoms with Crippen LogP contribution in [0.4, 0.5) is 0 Å². The van der Waals surface area contributed by atoms with Gasteiger partial charge < -0.3 is 5.32 Å². The van der Waals surface area contributed by atoms with Gasteiger partial charge in [0.25, 0.3) is 5.91 Å². The monoisotopic (exact) mass is 343 g/mol. The molecule has 0 spiro atoms. The van der Waals surface area contributed by atoms with Gasteiger partial charge in [0.2, 0.25) is 0 Å². The number of hydrogen-bond donors (Lipinski definition) is 1. The zero-order valence-corrected chi connectivity index (χ0v) is 14.2. The Morgan fingerprint density at radius 3 is 2.96 bits per heavy atom. The molecule has 3 aromatic heterocycles. The molecular formula is C15H17N7OS. The third-order valence-corrected chi connectivity index (χ3v) is 4.25. The topological polar surface area (TPSA) is 98.5 Å². The van der Waals surface area contributed by atoms with Crippen LogP contribution in [0.3, 0.4) is 0 Å². The number of aromatic nitrogens is 6. The Balaban J connectivity index is 1.70. The maximum Gasteiger partial charge on any atom is 0.265 e. The zero-order valence-electron chi connectivity index (χ0n) is 13.4. The fourth-order valence-corrected chi connectivity index (χ4v) is 2.88. The quantitative estimate of drug-likeness (QED) is 0.730. The van der Waals surface area contributed by atoms with Crippen molar-refractivity contribution in [2.24, 2.45) is 7.05 Å². The highest BCUT2D eigenvalue weighted by Gasteiger charge is 2.16. The summed E-state index contributed by atoms with van der Waals surface area (Å²) in [6, 6.07) is 1.89. The molecule has 8 nitrogen and oxygen atoms in total.